The van der Waals surface area contributed by atoms with E-state index in [1.165, 1.54) is 32.1 Å². The summed E-state index contributed by atoms with van der Waals surface area (Å²) in [6.45, 7) is 2.25. The van der Waals surface area contributed by atoms with Gasteiger partial charge in [0.25, 0.3) is 5.69 Å². The van der Waals surface area contributed by atoms with Crippen molar-refractivity contribution < 1.29 is 4.92 Å². The minimum absolute atomic E-state index is 0.182. The summed E-state index contributed by atoms with van der Waals surface area (Å²) in [7, 11) is 0. The lowest BCUT2D eigenvalue weighted by Crippen LogP contribution is -2.27. The second-order valence-electron chi connectivity index (χ2n) is 5.21. The van der Waals surface area contributed by atoms with Crippen molar-refractivity contribution in [3.63, 3.8) is 0 Å². The van der Waals surface area contributed by atoms with Crippen LogP contribution in [0.4, 0.5) is 11.4 Å². The van der Waals surface area contributed by atoms with Gasteiger partial charge in [-0.3, -0.25) is 10.1 Å². The molecule has 0 aromatic heterocycles. The normalized spacial score (nSPS) is 23.1. The van der Waals surface area contributed by atoms with Gasteiger partial charge in [-0.15, -0.1) is 0 Å². The number of benzene rings is 1. The number of nitro groups is 1. The fourth-order valence-electron chi connectivity index (χ4n) is 2.77. The SMILES string of the molecule is CCC1CCCC(Nc2ccc([N+](=O)[O-])c(I)c2)C1. The number of halogens is 1. The van der Waals surface area contributed by atoms with Crippen molar-refractivity contribution in [2.75, 3.05) is 5.32 Å². The zero-order chi connectivity index (χ0) is 13.8. The Morgan fingerprint density at radius 1 is 1.47 bits per heavy atom. The van der Waals surface area contributed by atoms with Crippen LogP contribution in [0.25, 0.3) is 0 Å². The summed E-state index contributed by atoms with van der Waals surface area (Å²) in [6, 6.07) is 5.78. The summed E-state index contributed by atoms with van der Waals surface area (Å²) in [4.78, 5) is 10.5. The van der Waals surface area contributed by atoms with E-state index in [1.807, 2.05) is 34.7 Å². The fourth-order valence-corrected chi connectivity index (χ4v) is 3.49. The molecule has 0 radical (unpaired) electrons. The third kappa shape index (κ3) is 3.81. The maximum absolute atomic E-state index is 10.8. The van der Waals surface area contributed by atoms with Crippen LogP contribution in [0, 0.1) is 19.6 Å². The zero-order valence-corrected chi connectivity index (χ0v) is 13.2. The Hall–Kier alpha value is -0.850. The molecule has 1 aromatic rings. The number of nitrogens with one attached hydrogen (secondary N) is 1. The largest absolute Gasteiger partial charge is 0.382 e. The van der Waals surface area contributed by atoms with E-state index in [0.717, 1.165) is 11.6 Å². The third-order valence-corrected chi connectivity index (χ3v) is 4.74. The maximum atomic E-state index is 10.8. The Kier molecular flexibility index (Phi) is 5.01. The lowest BCUT2D eigenvalue weighted by atomic mass is 9.84. The summed E-state index contributed by atoms with van der Waals surface area (Å²) in [5.74, 6) is 0.823. The van der Waals surface area contributed by atoms with Gasteiger partial charge < -0.3 is 5.32 Å². The van der Waals surface area contributed by atoms with E-state index in [1.54, 1.807) is 6.07 Å². The molecule has 1 N–H and O–H groups in total. The summed E-state index contributed by atoms with van der Waals surface area (Å²) in [6.07, 6.45) is 6.27. The minimum atomic E-state index is -0.334. The summed E-state index contributed by atoms with van der Waals surface area (Å²) in [5.41, 5.74) is 1.18. The smallest absolute Gasteiger partial charge is 0.282 e. The molecule has 1 fully saturated rings. The molecule has 1 saturated carbocycles. The number of rotatable bonds is 4. The van der Waals surface area contributed by atoms with E-state index in [0.29, 0.717) is 9.61 Å². The molecular weight excluding hydrogens is 355 g/mol. The van der Waals surface area contributed by atoms with Crippen molar-refractivity contribution in [2.24, 2.45) is 5.92 Å². The van der Waals surface area contributed by atoms with Gasteiger partial charge in [0.15, 0.2) is 0 Å². The minimum Gasteiger partial charge on any atom is -0.382 e. The Balaban J connectivity index is 2.03. The quantitative estimate of drug-likeness (QED) is 0.477. The van der Waals surface area contributed by atoms with Gasteiger partial charge in [0.05, 0.1) is 8.49 Å². The lowest BCUT2D eigenvalue weighted by molar-refractivity contribution is -0.385. The predicted molar refractivity (Wildman–Crippen MR) is 85.5 cm³/mol. The molecule has 0 heterocycles. The Labute approximate surface area is 127 Å². The molecule has 4 nitrogen and oxygen atoms in total. The highest BCUT2D eigenvalue weighted by molar-refractivity contribution is 14.1. The van der Waals surface area contributed by atoms with Crippen molar-refractivity contribution in [3.05, 3.63) is 31.9 Å². The number of hydrogen-bond donors (Lipinski definition) is 1. The van der Waals surface area contributed by atoms with Gasteiger partial charge in [-0.05, 0) is 53.5 Å². The highest BCUT2D eigenvalue weighted by atomic mass is 127. The van der Waals surface area contributed by atoms with Gasteiger partial charge in [0.2, 0.25) is 0 Å². The molecule has 0 aliphatic heterocycles. The van der Waals surface area contributed by atoms with Crippen LogP contribution in [-0.2, 0) is 0 Å². The zero-order valence-electron chi connectivity index (χ0n) is 11.1. The molecular formula is C14H19IN2O2. The van der Waals surface area contributed by atoms with Crippen LogP contribution in [0.15, 0.2) is 18.2 Å². The predicted octanol–water partition coefficient (Wildman–Crippen LogP) is 4.58. The van der Waals surface area contributed by atoms with Crippen LogP contribution in [0.2, 0.25) is 0 Å². The lowest BCUT2D eigenvalue weighted by Gasteiger charge is -2.29. The topological polar surface area (TPSA) is 55.2 Å². The van der Waals surface area contributed by atoms with Crippen LogP contribution in [0.1, 0.15) is 39.0 Å². The summed E-state index contributed by atoms with van der Waals surface area (Å²) < 4.78 is 0.690. The van der Waals surface area contributed by atoms with Crippen LogP contribution in [0.3, 0.4) is 0 Å². The highest BCUT2D eigenvalue weighted by Gasteiger charge is 2.21. The molecule has 0 spiro atoms. The van der Waals surface area contributed by atoms with Crippen LogP contribution < -0.4 is 5.32 Å². The fraction of sp³-hybridized carbons (Fsp3) is 0.571. The molecule has 0 saturated heterocycles. The Bertz CT molecular complexity index is 465. The highest BCUT2D eigenvalue weighted by Crippen LogP contribution is 2.30. The number of nitrogens with zero attached hydrogens (tertiary/aromatic N) is 1. The van der Waals surface area contributed by atoms with Gasteiger partial charge in [-0.2, -0.15) is 0 Å². The second kappa shape index (κ2) is 6.54. The second-order valence-corrected chi connectivity index (χ2v) is 6.37. The summed E-state index contributed by atoms with van der Waals surface area (Å²) in [5, 5.41) is 14.3. The van der Waals surface area contributed by atoms with Crippen molar-refractivity contribution >= 4 is 34.0 Å². The summed E-state index contributed by atoms with van der Waals surface area (Å²) >= 11 is 2.03. The molecule has 19 heavy (non-hydrogen) atoms. The van der Waals surface area contributed by atoms with Gasteiger partial charge in [0, 0.05) is 17.8 Å². The van der Waals surface area contributed by atoms with Crippen molar-refractivity contribution in [1.82, 2.24) is 0 Å². The molecule has 104 valence electrons. The maximum Gasteiger partial charge on any atom is 0.282 e. The third-order valence-electron chi connectivity index (χ3n) is 3.88. The van der Waals surface area contributed by atoms with Crippen molar-refractivity contribution in [3.8, 4) is 0 Å². The first-order chi connectivity index (χ1) is 9.10. The standard InChI is InChI=1S/C14H19IN2O2/c1-2-10-4-3-5-11(8-10)16-12-6-7-14(17(18)19)13(15)9-12/h6-7,9-11,16H,2-5,8H2,1H3. The molecule has 5 heteroatoms. The first kappa shape index (κ1) is 14.6. The first-order valence-electron chi connectivity index (χ1n) is 6.80. The average molecular weight is 374 g/mol. The van der Waals surface area contributed by atoms with E-state index in [4.69, 9.17) is 0 Å². The Morgan fingerprint density at radius 2 is 2.26 bits per heavy atom. The Morgan fingerprint density at radius 3 is 2.89 bits per heavy atom. The molecule has 1 aliphatic rings. The van der Waals surface area contributed by atoms with Crippen LogP contribution >= 0.6 is 22.6 Å². The van der Waals surface area contributed by atoms with E-state index in [9.17, 15) is 10.1 Å². The monoisotopic (exact) mass is 374 g/mol. The van der Waals surface area contributed by atoms with Crippen molar-refractivity contribution in [1.29, 1.82) is 0 Å². The molecule has 0 amide bonds. The molecule has 1 aromatic carbocycles. The number of anilines is 1. The average Bonchev–Trinajstić information content (AvgIpc) is 2.38. The van der Waals surface area contributed by atoms with Crippen molar-refractivity contribution in [2.45, 2.75) is 45.1 Å². The molecule has 1 aliphatic carbocycles. The van der Waals surface area contributed by atoms with Gasteiger partial charge >= 0.3 is 0 Å². The first-order valence-corrected chi connectivity index (χ1v) is 7.88. The van der Waals surface area contributed by atoms with Gasteiger partial charge in [-0.1, -0.05) is 26.2 Å². The van der Waals surface area contributed by atoms with Crippen LogP contribution in [0.5, 0.6) is 0 Å². The molecule has 2 atom stereocenters. The molecule has 2 unspecified atom stereocenters. The van der Waals surface area contributed by atoms with E-state index in [-0.39, 0.29) is 10.6 Å². The van der Waals surface area contributed by atoms with E-state index in [2.05, 4.69) is 12.2 Å². The van der Waals surface area contributed by atoms with E-state index >= 15 is 0 Å². The van der Waals surface area contributed by atoms with E-state index < -0.39 is 0 Å². The number of hydrogen-bond acceptors (Lipinski definition) is 3. The number of nitro benzene ring substituents is 1. The van der Waals surface area contributed by atoms with Crippen LogP contribution in [-0.4, -0.2) is 11.0 Å². The van der Waals surface area contributed by atoms with Gasteiger partial charge in [0.1, 0.15) is 0 Å². The molecule has 0 bridgehead atoms. The van der Waals surface area contributed by atoms with Gasteiger partial charge in [-0.25, -0.2) is 0 Å². The molecule has 2 rings (SSSR count).